The van der Waals surface area contributed by atoms with Crippen LogP contribution in [0.5, 0.6) is 0 Å². The molecule has 1 aromatic rings. The molecule has 76 valence electrons. The molecule has 3 aliphatic rings. The Kier molecular flexibility index (Phi) is 2.09. The second kappa shape index (κ2) is 3.31. The summed E-state index contributed by atoms with van der Waals surface area (Å²) in [5.41, 5.74) is 0. The van der Waals surface area contributed by atoms with Gasteiger partial charge in [0, 0.05) is 6.54 Å². The fourth-order valence-electron chi connectivity index (χ4n) is 2.61. The minimum absolute atomic E-state index is 0.469. The van der Waals surface area contributed by atoms with Gasteiger partial charge in [-0.05, 0) is 52.9 Å². The Bertz CT molecular complexity index is 333. The molecule has 0 radical (unpaired) electrons. The quantitative estimate of drug-likeness (QED) is 0.768. The molecule has 3 aliphatic heterocycles. The van der Waals surface area contributed by atoms with Gasteiger partial charge in [-0.15, -0.1) is 0 Å². The van der Waals surface area contributed by atoms with Crippen molar-refractivity contribution in [1.29, 1.82) is 0 Å². The van der Waals surface area contributed by atoms with Gasteiger partial charge in [0.1, 0.15) is 0 Å². The number of fused-ring (bicyclic) bond motifs is 3. The average molecular weight is 258 g/mol. The Morgan fingerprint density at radius 1 is 1.36 bits per heavy atom. The van der Waals surface area contributed by atoms with Crippen molar-refractivity contribution >= 4 is 15.9 Å². The van der Waals surface area contributed by atoms with E-state index in [0.29, 0.717) is 10.7 Å². The Morgan fingerprint density at radius 3 is 2.64 bits per heavy atom. The summed E-state index contributed by atoms with van der Waals surface area (Å²) in [6.07, 6.45) is 2.56. The molecule has 1 atom stereocenters. The van der Waals surface area contributed by atoms with Gasteiger partial charge in [-0.3, -0.25) is 0 Å². The first-order chi connectivity index (χ1) is 6.83. The zero-order valence-electron chi connectivity index (χ0n) is 7.82. The van der Waals surface area contributed by atoms with Crippen LogP contribution in [0.1, 0.15) is 24.7 Å². The lowest BCUT2D eigenvalue weighted by molar-refractivity contribution is 0.0727. The molecule has 0 spiro atoms. The SMILES string of the molecule is Brc1noc(C2CN3CCC2CC3)n1. The van der Waals surface area contributed by atoms with E-state index in [0.717, 1.165) is 18.4 Å². The van der Waals surface area contributed by atoms with Gasteiger partial charge in [0.15, 0.2) is 0 Å². The van der Waals surface area contributed by atoms with Crippen LogP contribution in [0.15, 0.2) is 9.26 Å². The third kappa shape index (κ3) is 1.39. The van der Waals surface area contributed by atoms with Gasteiger partial charge < -0.3 is 9.42 Å². The van der Waals surface area contributed by atoms with Crippen molar-refractivity contribution in [1.82, 2.24) is 15.0 Å². The number of halogens is 1. The summed E-state index contributed by atoms with van der Waals surface area (Å²) in [5, 5.41) is 3.79. The average Bonchev–Trinajstić information content (AvgIpc) is 2.66. The Hall–Kier alpha value is -0.420. The highest BCUT2D eigenvalue weighted by Crippen LogP contribution is 2.38. The second-order valence-electron chi connectivity index (χ2n) is 4.15. The predicted molar refractivity (Wildman–Crippen MR) is 53.9 cm³/mol. The first-order valence-electron chi connectivity index (χ1n) is 5.04. The van der Waals surface area contributed by atoms with Crippen molar-refractivity contribution in [3.8, 4) is 0 Å². The van der Waals surface area contributed by atoms with Gasteiger partial charge in [-0.1, -0.05) is 0 Å². The number of hydrogen-bond donors (Lipinski definition) is 0. The minimum Gasteiger partial charge on any atom is -0.338 e. The van der Waals surface area contributed by atoms with E-state index in [4.69, 9.17) is 4.52 Å². The van der Waals surface area contributed by atoms with Crippen molar-refractivity contribution in [2.24, 2.45) is 5.92 Å². The summed E-state index contributed by atoms with van der Waals surface area (Å²) in [4.78, 5) is 6.75. The molecular weight excluding hydrogens is 246 g/mol. The summed E-state index contributed by atoms with van der Waals surface area (Å²) in [6.45, 7) is 3.59. The van der Waals surface area contributed by atoms with Crippen molar-refractivity contribution < 1.29 is 4.52 Å². The molecule has 0 aromatic carbocycles. The molecule has 14 heavy (non-hydrogen) atoms. The van der Waals surface area contributed by atoms with Crippen LogP contribution in [0.2, 0.25) is 0 Å². The lowest BCUT2D eigenvalue weighted by Gasteiger charge is -2.43. The molecule has 1 aromatic heterocycles. The van der Waals surface area contributed by atoms with E-state index in [-0.39, 0.29) is 0 Å². The fraction of sp³-hybridized carbons (Fsp3) is 0.778. The molecule has 3 fully saturated rings. The number of aromatic nitrogens is 2. The molecule has 0 N–H and O–H groups in total. The van der Waals surface area contributed by atoms with E-state index in [1.54, 1.807) is 0 Å². The monoisotopic (exact) mass is 257 g/mol. The zero-order chi connectivity index (χ0) is 9.54. The van der Waals surface area contributed by atoms with Gasteiger partial charge in [-0.2, -0.15) is 4.98 Å². The van der Waals surface area contributed by atoms with E-state index in [9.17, 15) is 0 Å². The fourth-order valence-corrected chi connectivity index (χ4v) is 2.86. The molecule has 0 aliphatic carbocycles. The van der Waals surface area contributed by atoms with Gasteiger partial charge in [0.2, 0.25) is 10.6 Å². The highest BCUT2D eigenvalue weighted by atomic mass is 79.9. The van der Waals surface area contributed by atoms with Gasteiger partial charge in [-0.25, -0.2) is 0 Å². The Labute approximate surface area is 90.8 Å². The van der Waals surface area contributed by atoms with E-state index < -0.39 is 0 Å². The van der Waals surface area contributed by atoms with Crippen molar-refractivity contribution in [2.75, 3.05) is 19.6 Å². The molecule has 5 heteroatoms. The smallest absolute Gasteiger partial charge is 0.238 e. The largest absolute Gasteiger partial charge is 0.338 e. The summed E-state index contributed by atoms with van der Waals surface area (Å²) in [6, 6.07) is 0. The third-order valence-electron chi connectivity index (χ3n) is 3.39. The number of nitrogens with zero attached hydrogens (tertiary/aromatic N) is 3. The van der Waals surface area contributed by atoms with Crippen LogP contribution in [0.3, 0.4) is 0 Å². The second-order valence-corrected chi connectivity index (χ2v) is 4.86. The molecule has 3 saturated heterocycles. The molecule has 4 rings (SSSR count). The lowest BCUT2D eigenvalue weighted by atomic mass is 9.79. The van der Waals surface area contributed by atoms with Crippen LogP contribution in [0.4, 0.5) is 0 Å². The first-order valence-corrected chi connectivity index (χ1v) is 5.83. The summed E-state index contributed by atoms with van der Waals surface area (Å²) in [5.74, 6) is 2.04. The standard InChI is InChI=1S/C9H12BrN3O/c10-9-11-8(14-12-9)7-5-13-3-1-6(7)2-4-13/h6-7H,1-5H2. The summed E-state index contributed by atoms with van der Waals surface area (Å²) in [7, 11) is 0. The van der Waals surface area contributed by atoms with Gasteiger partial charge in [0.05, 0.1) is 5.92 Å². The molecule has 0 amide bonds. The predicted octanol–water partition coefficient (Wildman–Crippen LogP) is 1.64. The van der Waals surface area contributed by atoms with Crippen LogP contribution in [-0.4, -0.2) is 34.7 Å². The topological polar surface area (TPSA) is 42.2 Å². The van der Waals surface area contributed by atoms with Gasteiger partial charge in [0.25, 0.3) is 0 Å². The highest BCUT2D eigenvalue weighted by molar-refractivity contribution is 9.10. The van der Waals surface area contributed by atoms with Crippen LogP contribution < -0.4 is 0 Å². The zero-order valence-corrected chi connectivity index (χ0v) is 9.40. The number of piperidine rings is 3. The maximum Gasteiger partial charge on any atom is 0.238 e. The van der Waals surface area contributed by atoms with Crippen molar-refractivity contribution in [2.45, 2.75) is 18.8 Å². The maximum atomic E-state index is 5.22. The molecule has 4 nitrogen and oxygen atoms in total. The van der Waals surface area contributed by atoms with Crippen molar-refractivity contribution in [3.05, 3.63) is 10.6 Å². The molecule has 2 bridgehead atoms. The third-order valence-corrected chi connectivity index (χ3v) is 3.71. The number of rotatable bonds is 1. The van der Waals surface area contributed by atoms with E-state index in [1.165, 1.54) is 25.9 Å². The number of hydrogen-bond acceptors (Lipinski definition) is 4. The molecule has 4 heterocycles. The normalized spacial score (nSPS) is 36.2. The minimum atomic E-state index is 0.469. The highest BCUT2D eigenvalue weighted by Gasteiger charge is 2.37. The molecular formula is C9H12BrN3O. The maximum absolute atomic E-state index is 5.22. The van der Waals surface area contributed by atoms with Crippen molar-refractivity contribution in [3.63, 3.8) is 0 Å². The lowest BCUT2D eigenvalue weighted by Crippen LogP contribution is -2.46. The van der Waals surface area contributed by atoms with E-state index in [2.05, 4.69) is 31.0 Å². The van der Waals surface area contributed by atoms with Crippen LogP contribution in [-0.2, 0) is 0 Å². The Morgan fingerprint density at radius 2 is 2.14 bits per heavy atom. The molecule has 0 saturated carbocycles. The summed E-state index contributed by atoms with van der Waals surface area (Å²) >= 11 is 3.22. The van der Waals surface area contributed by atoms with E-state index in [1.807, 2.05) is 0 Å². The Balaban J connectivity index is 1.85. The molecule has 1 unspecified atom stereocenters. The summed E-state index contributed by atoms with van der Waals surface area (Å²) < 4.78 is 5.79. The first kappa shape index (κ1) is 8.85. The van der Waals surface area contributed by atoms with Crippen LogP contribution >= 0.6 is 15.9 Å². The van der Waals surface area contributed by atoms with Crippen LogP contribution in [0, 0.1) is 5.92 Å². The van der Waals surface area contributed by atoms with Gasteiger partial charge >= 0.3 is 0 Å². The van der Waals surface area contributed by atoms with E-state index >= 15 is 0 Å². The van der Waals surface area contributed by atoms with Crippen LogP contribution in [0.25, 0.3) is 0 Å².